The molecule has 0 saturated heterocycles. The summed E-state index contributed by atoms with van der Waals surface area (Å²) in [5.74, 6) is 1.33. The monoisotopic (exact) mass is 282 g/mol. The Morgan fingerprint density at radius 3 is 2.32 bits per heavy atom. The molecule has 1 fully saturated rings. The van der Waals surface area contributed by atoms with Gasteiger partial charge in [0.2, 0.25) is 11.8 Å². The van der Waals surface area contributed by atoms with Crippen LogP contribution in [-0.4, -0.2) is 35.7 Å². The van der Waals surface area contributed by atoms with E-state index in [9.17, 15) is 4.79 Å². The summed E-state index contributed by atoms with van der Waals surface area (Å²) in [5.41, 5.74) is 0. The van der Waals surface area contributed by atoms with Gasteiger partial charge in [0.1, 0.15) is 6.29 Å². The maximum absolute atomic E-state index is 11.3. The SMILES string of the molecule is COc1cc(OC)nc(SC(C=O)C2CCCC2)n1. The fraction of sp³-hybridized carbons (Fsp3) is 0.615. The van der Waals surface area contributed by atoms with Gasteiger partial charge < -0.3 is 14.3 Å². The third kappa shape index (κ3) is 3.59. The molecule has 1 saturated carbocycles. The molecule has 1 aliphatic rings. The maximum atomic E-state index is 11.3. The second-order valence-electron chi connectivity index (χ2n) is 4.50. The maximum Gasteiger partial charge on any atom is 0.220 e. The van der Waals surface area contributed by atoms with Crippen LogP contribution in [0, 0.1) is 5.92 Å². The van der Waals surface area contributed by atoms with E-state index in [1.54, 1.807) is 20.3 Å². The van der Waals surface area contributed by atoms with Gasteiger partial charge in [0.15, 0.2) is 5.16 Å². The number of ether oxygens (including phenoxy) is 2. The van der Waals surface area contributed by atoms with Crippen LogP contribution in [0.5, 0.6) is 11.8 Å². The number of thioether (sulfide) groups is 1. The molecular formula is C13H18N2O3S. The van der Waals surface area contributed by atoms with E-state index in [1.807, 2.05) is 0 Å². The van der Waals surface area contributed by atoms with Gasteiger partial charge in [-0.1, -0.05) is 24.6 Å². The highest BCUT2D eigenvalue weighted by Gasteiger charge is 2.26. The van der Waals surface area contributed by atoms with Gasteiger partial charge in [0.25, 0.3) is 0 Å². The molecule has 1 atom stereocenters. The van der Waals surface area contributed by atoms with Crippen molar-refractivity contribution in [2.75, 3.05) is 14.2 Å². The van der Waals surface area contributed by atoms with E-state index in [1.165, 1.54) is 24.6 Å². The Balaban J connectivity index is 2.13. The van der Waals surface area contributed by atoms with Gasteiger partial charge in [0, 0.05) is 0 Å². The molecule has 0 aliphatic heterocycles. The van der Waals surface area contributed by atoms with E-state index < -0.39 is 0 Å². The highest BCUT2D eigenvalue weighted by Crippen LogP contribution is 2.36. The minimum Gasteiger partial charge on any atom is -0.481 e. The van der Waals surface area contributed by atoms with Crippen molar-refractivity contribution in [3.05, 3.63) is 6.07 Å². The zero-order valence-corrected chi connectivity index (χ0v) is 12.0. The molecule has 0 bridgehead atoms. The summed E-state index contributed by atoms with van der Waals surface area (Å²) in [5, 5.41) is 0.444. The van der Waals surface area contributed by atoms with Crippen LogP contribution in [0.15, 0.2) is 11.2 Å². The lowest BCUT2D eigenvalue weighted by atomic mass is 10.1. The van der Waals surface area contributed by atoms with E-state index >= 15 is 0 Å². The van der Waals surface area contributed by atoms with Gasteiger partial charge in [-0.3, -0.25) is 0 Å². The summed E-state index contributed by atoms with van der Waals surface area (Å²) >= 11 is 1.39. The van der Waals surface area contributed by atoms with Gasteiger partial charge in [0.05, 0.1) is 25.5 Å². The van der Waals surface area contributed by atoms with Crippen molar-refractivity contribution in [1.82, 2.24) is 9.97 Å². The van der Waals surface area contributed by atoms with Crippen molar-refractivity contribution >= 4 is 18.0 Å². The van der Waals surface area contributed by atoms with Crippen LogP contribution in [0.2, 0.25) is 0 Å². The van der Waals surface area contributed by atoms with Crippen LogP contribution in [0.3, 0.4) is 0 Å². The molecule has 1 aromatic heterocycles. The van der Waals surface area contributed by atoms with Crippen LogP contribution in [0.4, 0.5) is 0 Å². The second kappa shape index (κ2) is 6.75. The molecule has 2 rings (SSSR count). The summed E-state index contributed by atoms with van der Waals surface area (Å²) in [6.07, 6.45) is 5.64. The standard InChI is InChI=1S/C13H18N2O3S/c1-17-11-7-12(18-2)15-13(14-11)19-10(8-16)9-5-3-4-6-9/h7-10H,3-6H2,1-2H3. The summed E-state index contributed by atoms with van der Waals surface area (Å²) in [6, 6.07) is 1.62. The van der Waals surface area contributed by atoms with Crippen molar-refractivity contribution in [2.45, 2.75) is 36.1 Å². The van der Waals surface area contributed by atoms with E-state index in [0.29, 0.717) is 22.8 Å². The Bertz CT molecular complexity index is 414. The largest absolute Gasteiger partial charge is 0.481 e. The fourth-order valence-electron chi connectivity index (χ4n) is 2.29. The Hall–Kier alpha value is -1.30. The minimum absolute atomic E-state index is 0.0840. The number of hydrogen-bond acceptors (Lipinski definition) is 6. The molecule has 0 radical (unpaired) electrons. The van der Waals surface area contributed by atoms with E-state index in [-0.39, 0.29) is 5.25 Å². The van der Waals surface area contributed by atoms with Crippen LogP contribution < -0.4 is 9.47 Å². The first-order valence-corrected chi connectivity index (χ1v) is 7.23. The molecule has 0 amide bonds. The minimum atomic E-state index is -0.0840. The Kier molecular flexibility index (Phi) is 5.01. The number of methoxy groups -OCH3 is 2. The van der Waals surface area contributed by atoms with E-state index in [4.69, 9.17) is 9.47 Å². The lowest BCUT2D eigenvalue weighted by Gasteiger charge is -2.16. The zero-order chi connectivity index (χ0) is 13.7. The molecular weight excluding hydrogens is 264 g/mol. The third-order valence-corrected chi connectivity index (χ3v) is 4.48. The molecule has 1 aliphatic carbocycles. The topological polar surface area (TPSA) is 61.3 Å². The zero-order valence-electron chi connectivity index (χ0n) is 11.2. The average molecular weight is 282 g/mol. The molecule has 0 aromatic carbocycles. The predicted octanol–water partition coefficient (Wildman–Crippen LogP) is 2.34. The number of rotatable bonds is 6. The van der Waals surface area contributed by atoms with E-state index in [2.05, 4.69) is 9.97 Å². The highest BCUT2D eigenvalue weighted by atomic mass is 32.2. The molecule has 19 heavy (non-hydrogen) atoms. The number of aromatic nitrogens is 2. The first-order chi connectivity index (χ1) is 9.26. The third-order valence-electron chi connectivity index (χ3n) is 3.32. The van der Waals surface area contributed by atoms with Gasteiger partial charge in [-0.05, 0) is 18.8 Å². The lowest BCUT2D eigenvalue weighted by Crippen LogP contribution is -2.16. The lowest BCUT2D eigenvalue weighted by molar-refractivity contribution is -0.108. The number of aldehydes is 1. The van der Waals surface area contributed by atoms with Crippen molar-refractivity contribution in [3.8, 4) is 11.8 Å². The fourth-order valence-corrected chi connectivity index (χ4v) is 3.34. The Morgan fingerprint density at radius 2 is 1.84 bits per heavy atom. The van der Waals surface area contributed by atoms with Crippen molar-refractivity contribution in [2.24, 2.45) is 5.92 Å². The van der Waals surface area contributed by atoms with Crippen molar-refractivity contribution in [3.63, 3.8) is 0 Å². The molecule has 1 unspecified atom stereocenters. The molecule has 1 heterocycles. The molecule has 0 N–H and O–H groups in total. The molecule has 0 spiro atoms. The summed E-state index contributed by atoms with van der Waals surface area (Å²) in [7, 11) is 3.09. The molecule has 5 nitrogen and oxygen atoms in total. The number of nitrogens with zero attached hydrogens (tertiary/aromatic N) is 2. The summed E-state index contributed by atoms with van der Waals surface area (Å²) < 4.78 is 10.2. The average Bonchev–Trinajstić information content (AvgIpc) is 2.98. The first kappa shape index (κ1) is 14.1. The summed E-state index contributed by atoms with van der Waals surface area (Å²) in [4.78, 5) is 19.8. The van der Waals surface area contributed by atoms with Gasteiger partial charge in [-0.2, -0.15) is 9.97 Å². The number of carbonyl (C=O) groups is 1. The number of carbonyl (C=O) groups excluding carboxylic acids is 1. The summed E-state index contributed by atoms with van der Waals surface area (Å²) in [6.45, 7) is 0. The van der Waals surface area contributed by atoms with Crippen LogP contribution in [0.25, 0.3) is 0 Å². The van der Waals surface area contributed by atoms with Crippen molar-refractivity contribution in [1.29, 1.82) is 0 Å². The number of hydrogen-bond donors (Lipinski definition) is 0. The molecule has 6 heteroatoms. The first-order valence-electron chi connectivity index (χ1n) is 6.36. The van der Waals surface area contributed by atoms with E-state index in [0.717, 1.165) is 19.1 Å². The smallest absolute Gasteiger partial charge is 0.220 e. The Labute approximate surface area is 117 Å². The molecule has 1 aromatic rings. The quantitative estimate of drug-likeness (QED) is 0.453. The van der Waals surface area contributed by atoms with Gasteiger partial charge in [-0.15, -0.1) is 0 Å². The highest BCUT2D eigenvalue weighted by molar-refractivity contribution is 8.00. The van der Waals surface area contributed by atoms with Gasteiger partial charge in [-0.25, -0.2) is 0 Å². The van der Waals surface area contributed by atoms with Crippen LogP contribution >= 0.6 is 11.8 Å². The second-order valence-corrected chi connectivity index (χ2v) is 5.64. The van der Waals surface area contributed by atoms with Crippen LogP contribution in [-0.2, 0) is 4.79 Å². The normalized spacial score (nSPS) is 17.2. The van der Waals surface area contributed by atoms with Gasteiger partial charge >= 0.3 is 0 Å². The molecule has 104 valence electrons. The van der Waals surface area contributed by atoms with Crippen LogP contribution in [0.1, 0.15) is 25.7 Å². The Morgan fingerprint density at radius 1 is 1.26 bits per heavy atom. The van der Waals surface area contributed by atoms with Crippen molar-refractivity contribution < 1.29 is 14.3 Å². The predicted molar refractivity (Wildman–Crippen MR) is 72.8 cm³/mol.